The first-order valence-electron chi connectivity index (χ1n) is 7.86. The highest BCUT2D eigenvalue weighted by molar-refractivity contribution is 7.16. The van der Waals surface area contributed by atoms with E-state index < -0.39 is 0 Å². The molecule has 1 aliphatic carbocycles. The molecule has 1 amide bonds. The van der Waals surface area contributed by atoms with E-state index in [0.29, 0.717) is 18.0 Å². The van der Waals surface area contributed by atoms with Gasteiger partial charge in [0.25, 0.3) is 0 Å². The second kappa shape index (κ2) is 6.59. The SMILES string of the molecule is N#Cc1c(NC(=O)CCC2CCCCN2)sc2c1CCC2. The van der Waals surface area contributed by atoms with Gasteiger partial charge in [0.1, 0.15) is 11.1 Å². The number of aryl methyl sites for hydroxylation is 1. The zero-order valence-electron chi connectivity index (χ0n) is 12.2. The molecular weight excluding hydrogens is 282 g/mol. The van der Waals surface area contributed by atoms with Crippen molar-refractivity contribution in [3.05, 3.63) is 16.0 Å². The number of nitriles is 1. The van der Waals surface area contributed by atoms with Crippen LogP contribution in [-0.4, -0.2) is 18.5 Å². The molecule has 2 N–H and O–H groups in total. The molecule has 0 radical (unpaired) electrons. The van der Waals surface area contributed by atoms with E-state index in [2.05, 4.69) is 16.7 Å². The maximum absolute atomic E-state index is 12.1. The van der Waals surface area contributed by atoms with Crippen LogP contribution >= 0.6 is 11.3 Å². The second-order valence-electron chi connectivity index (χ2n) is 5.91. The van der Waals surface area contributed by atoms with E-state index in [1.165, 1.54) is 29.7 Å². The van der Waals surface area contributed by atoms with Crippen molar-refractivity contribution in [1.29, 1.82) is 5.26 Å². The smallest absolute Gasteiger partial charge is 0.225 e. The maximum atomic E-state index is 12.1. The molecule has 3 rings (SSSR count). The van der Waals surface area contributed by atoms with E-state index in [1.807, 2.05) is 0 Å². The van der Waals surface area contributed by atoms with Gasteiger partial charge in [-0.25, -0.2) is 0 Å². The van der Waals surface area contributed by atoms with E-state index in [1.54, 1.807) is 11.3 Å². The molecule has 5 heteroatoms. The lowest BCUT2D eigenvalue weighted by atomic mass is 10.0. The van der Waals surface area contributed by atoms with E-state index in [-0.39, 0.29) is 5.91 Å². The van der Waals surface area contributed by atoms with Crippen molar-refractivity contribution >= 4 is 22.2 Å². The number of hydrogen-bond donors (Lipinski definition) is 2. The first-order valence-corrected chi connectivity index (χ1v) is 8.67. The van der Waals surface area contributed by atoms with Gasteiger partial charge in [-0.15, -0.1) is 11.3 Å². The predicted octanol–water partition coefficient (Wildman–Crippen LogP) is 2.97. The fourth-order valence-electron chi connectivity index (χ4n) is 3.28. The van der Waals surface area contributed by atoms with E-state index in [9.17, 15) is 10.1 Å². The number of hydrogen-bond acceptors (Lipinski definition) is 4. The minimum Gasteiger partial charge on any atom is -0.317 e. The Morgan fingerprint density at radius 2 is 2.29 bits per heavy atom. The minimum atomic E-state index is 0.0406. The average molecular weight is 303 g/mol. The number of thiophene rings is 1. The van der Waals surface area contributed by atoms with Crippen molar-refractivity contribution in [2.75, 3.05) is 11.9 Å². The Morgan fingerprint density at radius 1 is 1.38 bits per heavy atom. The van der Waals surface area contributed by atoms with Crippen molar-refractivity contribution in [1.82, 2.24) is 5.32 Å². The predicted molar refractivity (Wildman–Crippen MR) is 84.6 cm³/mol. The third-order valence-corrected chi connectivity index (χ3v) is 5.63. The molecule has 1 aromatic heterocycles. The topological polar surface area (TPSA) is 64.9 Å². The maximum Gasteiger partial charge on any atom is 0.225 e. The van der Waals surface area contributed by atoms with E-state index in [4.69, 9.17) is 0 Å². The van der Waals surface area contributed by atoms with Crippen LogP contribution in [0.4, 0.5) is 5.00 Å². The number of piperidine rings is 1. The van der Waals surface area contributed by atoms with Gasteiger partial charge in [0, 0.05) is 17.3 Å². The normalized spacial score (nSPS) is 20.8. The molecule has 112 valence electrons. The van der Waals surface area contributed by atoms with Gasteiger partial charge in [-0.2, -0.15) is 5.26 Å². The average Bonchev–Trinajstić information content (AvgIpc) is 3.06. The lowest BCUT2D eigenvalue weighted by molar-refractivity contribution is -0.116. The van der Waals surface area contributed by atoms with Crippen molar-refractivity contribution < 1.29 is 4.79 Å². The number of anilines is 1. The first kappa shape index (κ1) is 14.6. The van der Waals surface area contributed by atoms with Gasteiger partial charge in [-0.1, -0.05) is 6.42 Å². The number of fused-ring (bicyclic) bond motifs is 1. The summed E-state index contributed by atoms with van der Waals surface area (Å²) < 4.78 is 0. The fraction of sp³-hybridized carbons (Fsp3) is 0.625. The number of rotatable bonds is 4. The van der Waals surface area contributed by atoms with Gasteiger partial charge in [0.2, 0.25) is 5.91 Å². The lowest BCUT2D eigenvalue weighted by Crippen LogP contribution is -2.34. The van der Waals surface area contributed by atoms with Crippen LogP contribution in [-0.2, 0) is 17.6 Å². The fourth-order valence-corrected chi connectivity index (χ4v) is 4.53. The number of carbonyl (C=O) groups is 1. The molecule has 1 atom stereocenters. The number of amides is 1. The molecule has 21 heavy (non-hydrogen) atoms. The van der Waals surface area contributed by atoms with Gasteiger partial charge in [0.15, 0.2) is 0 Å². The Morgan fingerprint density at radius 3 is 3.05 bits per heavy atom. The number of nitrogens with one attached hydrogen (secondary N) is 2. The minimum absolute atomic E-state index is 0.0406. The standard InChI is InChI=1S/C16H21N3OS/c17-10-13-12-5-3-6-14(12)21-16(13)19-15(20)8-7-11-4-1-2-9-18-11/h11,18H,1-9H2,(H,19,20). The summed E-state index contributed by atoms with van der Waals surface area (Å²) in [6, 6.07) is 2.75. The Balaban J connectivity index is 1.56. The summed E-state index contributed by atoms with van der Waals surface area (Å²) >= 11 is 1.59. The van der Waals surface area contributed by atoms with Crippen molar-refractivity contribution in [2.24, 2.45) is 0 Å². The zero-order chi connectivity index (χ0) is 14.7. The molecule has 4 nitrogen and oxygen atoms in total. The van der Waals surface area contributed by atoms with Gasteiger partial charge in [-0.05, 0) is 50.6 Å². The molecule has 0 aromatic carbocycles. The molecule has 2 aliphatic rings. The summed E-state index contributed by atoms with van der Waals surface area (Å²) in [4.78, 5) is 13.4. The second-order valence-corrected chi connectivity index (χ2v) is 7.01. The molecule has 2 heterocycles. The summed E-state index contributed by atoms with van der Waals surface area (Å²) in [5.41, 5.74) is 1.88. The van der Waals surface area contributed by atoms with Crippen LogP contribution in [0.15, 0.2) is 0 Å². The third-order valence-electron chi connectivity index (χ3n) is 4.42. The van der Waals surface area contributed by atoms with Crippen molar-refractivity contribution in [3.63, 3.8) is 0 Å². The molecule has 1 saturated heterocycles. The summed E-state index contributed by atoms with van der Waals surface area (Å²) in [7, 11) is 0. The highest BCUT2D eigenvalue weighted by Gasteiger charge is 2.23. The quantitative estimate of drug-likeness (QED) is 0.898. The summed E-state index contributed by atoms with van der Waals surface area (Å²) in [6.07, 6.45) is 8.27. The van der Waals surface area contributed by atoms with Crippen molar-refractivity contribution in [2.45, 2.75) is 57.4 Å². The molecule has 1 unspecified atom stereocenters. The van der Waals surface area contributed by atoms with Crippen LogP contribution in [0.25, 0.3) is 0 Å². The van der Waals surface area contributed by atoms with Gasteiger partial charge in [-0.3, -0.25) is 4.79 Å². The van der Waals surface area contributed by atoms with Crippen LogP contribution in [0, 0.1) is 11.3 Å². The highest BCUT2D eigenvalue weighted by atomic mass is 32.1. The van der Waals surface area contributed by atoms with Crippen LogP contribution < -0.4 is 10.6 Å². The summed E-state index contributed by atoms with van der Waals surface area (Å²) in [6.45, 7) is 1.07. The summed E-state index contributed by atoms with van der Waals surface area (Å²) in [5.74, 6) is 0.0406. The Bertz CT molecular complexity index is 567. The molecule has 0 bridgehead atoms. The monoisotopic (exact) mass is 303 g/mol. The summed E-state index contributed by atoms with van der Waals surface area (Å²) in [5, 5.41) is 16.5. The van der Waals surface area contributed by atoms with Gasteiger partial charge in [0.05, 0.1) is 5.56 Å². The lowest BCUT2D eigenvalue weighted by Gasteiger charge is -2.22. The molecule has 0 spiro atoms. The molecular formula is C16H21N3OS. The highest BCUT2D eigenvalue weighted by Crippen LogP contribution is 2.38. The number of carbonyl (C=O) groups excluding carboxylic acids is 1. The Labute approximate surface area is 129 Å². The Hall–Kier alpha value is -1.38. The van der Waals surface area contributed by atoms with Crippen molar-refractivity contribution in [3.8, 4) is 6.07 Å². The van der Waals surface area contributed by atoms with E-state index in [0.717, 1.165) is 37.2 Å². The largest absolute Gasteiger partial charge is 0.317 e. The molecule has 1 aromatic rings. The first-order chi connectivity index (χ1) is 10.3. The van der Waals surface area contributed by atoms with Crippen LogP contribution in [0.3, 0.4) is 0 Å². The van der Waals surface area contributed by atoms with Crippen LogP contribution in [0.1, 0.15) is 54.5 Å². The van der Waals surface area contributed by atoms with Crippen LogP contribution in [0.5, 0.6) is 0 Å². The molecule has 1 aliphatic heterocycles. The van der Waals surface area contributed by atoms with Gasteiger partial charge < -0.3 is 10.6 Å². The Kier molecular flexibility index (Phi) is 4.57. The van der Waals surface area contributed by atoms with E-state index >= 15 is 0 Å². The van der Waals surface area contributed by atoms with Crippen LogP contribution in [0.2, 0.25) is 0 Å². The molecule has 1 fully saturated rings. The zero-order valence-corrected chi connectivity index (χ0v) is 13.0. The number of nitrogens with zero attached hydrogens (tertiary/aromatic N) is 1. The van der Waals surface area contributed by atoms with Gasteiger partial charge >= 0.3 is 0 Å². The third kappa shape index (κ3) is 3.28. The molecule has 0 saturated carbocycles.